The van der Waals surface area contributed by atoms with Crippen LogP contribution in [0.15, 0.2) is 35.2 Å². The van der Waals surface area contributed by atoms with Crippen molar-refractivity contribution in [3.8, 4) is 5.75 Å². The molecule has 2 heterocycles. The summed E-state index contributed by atoms with van der Waals surface area (Å²) in [4.78, 5) is 9.06. The normalized spacial score (nSPS) is 16.9. The van der Waals surface area contributed by atoms with E-state index in [0.29, 0.717) is 13.2 Å². The van der Waals surface area contributed by atoms with Gasteiger partial charge in [-0.15, -0.1) is 11.3 Å². The molecule has 1 fully saturated rings. The van der Waals surface area contributed by atoms with Gasteiger partial charge in [0.15, 0.2) is 0 Å². The number of nitrogens with zero attached hydrogens (tertiary/aromatic N) is 3. The fourth-order valence-corrected chi connectivity index (χ4v) is 3.98. The van der Waals surface area contributed by atoms with Crippen LogP contribution < -0.4 is 10.1 Å². The Hall–Kier alpha value is -1.51. The maximum atomic E-state index is 10.3. The fraction of sp³-hybridized carbons (Fsp3) is 0.571. The summed E-state index contributed by atoms with van der Waals surface area (Å²) in [6.45, 7) is 10.2. The summed E-state index contributed by atoms with van der Waals surface area (Å²) in [5.41, 5.74) is 4.19. The van der Waals surface area contributed by atoms with E-state index in [1.807, 2.05) is 23.7 Å². The molecule has 0 bridgehead atoms. The topological polar surface area (TPSA) is 60.9 Å². The largest absolute Gasteiger partial charge is 0.491 e. The van der Waals surface area contributed by atoms with Gasteiger partial charge < -0.3 is 20.1 Å². The molecule has 0 spiro atoms. The molecule has 3 rings (SSSR count). The maximum Gasteiger partial charge on any atom is 0.119 e. The van der Waals surface area contributed by atoms with Crippen molar-refractivity contribution in [2.24, 2.45) is 0 Å². The Labute approximate surface area is 172 Å². The molecule has 1 aromatic heterocycles. The number of aliphatic hydroxyl groups excluding tert-OH is 1. The van der Waals surface area contributed by atoms with E-state index in [0.717, 1.165) is 63.7 Å². The monoisotopic (exact) mass is 404 g/mol. The number of hydrogen-bond acceptors (Lipinski definition) is 7. The first-order valence-electron chi connectivity index (χ1n) is 10.1. The van der Waals surface area contributed by atoms with E-state index in [9.17, 15) is 5.11 Å². The molecule has 1 unspecified atom stereocenters. The zero-order chi connectivity index (χ0) is 19.6. The van der Waals surface area contributed by atoms with E-state index in [2.05, 4.69) is 38.5 Å². The molecule has 0 radical (unpaired) electrons. The molecule has 154 valence electrons. The Bertz CT molecular complexity index is 675. The predicted molar refractivity (Wildman–Crippen MR) is 114 cm³/mol. The molecule has 28 heavy (non-hydrogen) atoms. The minimum absolute atomic E-state index is 0.328. The van der Waals surface area contributed by atoms with Crippen molar-refractivity contribution in [1.29, 1.82) is 0 Å². The smallest absolute Gasteiger partial charge is 0.119 e. The van der Waals surface area contributed by atoms with Gasteiger partial charge in [-0.1, -0.05) is 19.1 Å². The highest BCUT2D eigenvalue weighted by Crippen LogP contribution is 2.14. The zero-order valence-electron chi connectivity index (χ0n) is 16.7. The molecule has 7 heteroatoms. The van der Waals surface area contributed by atoms with Gasteiger partial charge in [-0.2, -0.15) is 0 Å². The maximum absolute atomic E-state index is 10.3. The zero-order valence-corrected chi connectivity index (χ0v) is 17.5. The highest BCUT2D eigenvalue weighted by molar-refractivity contribution is 7.07. The number of thiazole rings is 1. The Morgan fingerprint density at radius 3 is 2.82 bits per heavy atom. The van der Waals surface area contributed by atoms with E-state index < -0.39 is 6.10 Å². The molecule has 2 N–H and O–H groups in total. The number of hydrogen-bond donors (Lipinski definition) is 2. The van der Waals surface area contributed by atoms with Crippen LogP contribution in [0.4, 0.5) is 0 Å². The van der Waals surface area contributed by atoms with Crippen LogP contribution in [-0.4, -0.2) is 78.4 Å². The summed E-state index contributed by atoms with van der Waals surface area (Å²) < 4.78 is 5.83. The number of likely N-dealkylation sites (N-methyl/N-ethyl adjacent to an activating group) is 1. The minimum Gasteiger partial charge on any atom is -0.491 e. The summed E-state index contributed by atoms with van der Waals surface area (Å²) >= 11 is 1.63. The fourth-order valence-electron chi connectivity index (χ4n) is 3.39. The molecule has 1 saturated heterocycles. The van der Waals surface area contributed by atoms with Crippen LogP contribution in [0, 0.1) is 0 Å². The van der Waals surface area contributed by atoms with Gasteiger partial charge in [0.05, 0.1) is 11.2 Å². The summed E-state index contributed by atoms with van der Waals surface area (Å²) in [5.74, 6) is 0.814. The number of aliphatic hydroxyl groups is 1. The Morgan fingerprint density at radius 1 is 1.25 bits per heavy atom. The van der Waals surface area contributed by atoms with Crippen molar-refractivity contribution in [2.45, 2.75) is 26.0 Å². The number of aromatic nitrogens is 1. The van der Waals surface area contributed by atoms with E-state index in [4.69, 9.17) is 4.74 Å². The van der Waals surface area contributed by atoms with Crippen LogP contribution in [0.3, 0.4) is 0 Å². The van der Waals surface area contributed by atoms with Gasteiger partial charge in [-0.05, 0) is 24.2 Å². The lowest BCUT2D eigenvalue weighted by Crippen LogP contribution is -2.49. The van der Waals surface area contributed by atoms with E-state index in [1.54, 1.807) is 11.3 Å². The second-order valence-corrected chi connectivity index (χ2v) is 7.97. The summed E-state index contributed by atoms with van der Waals surface area (Å²) in [6, 6.07) is 8.09. The average Bonchev–Trinajstić information content (AvgIpc) is 3.24. The first-order chi connectivity index (χ1) is 13.7. The van der Waals surface area contributed by atoms with Gasteiger partial charge in [0.25, 0.3) is 0 Å². The molecule has 1 aliphatic rings. The SMILES string of the molecule is CCN1CCN(CC(O)COc2cccc(CNCCc3cscn3)c2)CC1. The number of benzene rings is 1. The molecule has 1 aliphatic heterocycles. The lowest BCUT2D eigenvalue weighted by molar-refractivity contribution is 0.0471. The van der Waals surface area contributed by atoms with Gasteiger partial charge in [0, 0.05) is 57.6 Å². The van der Waals surface area contributed by atoms with Crippen molar-refractivity contribution in [3.05, 3.63) is 46.4 Å². The Kier molecular flexibility index (Phi) is 8.70. The summed E-state index contributed by atoms with van der Waals surface area (Å²) in [5, 5.41) is 15.9. The van der Waals surface area contributed by atoms with Crippen molar-refractivity contribution < 1.29 is 9.84 Å². The van der Waals surface area contributed by atoms with Crippen LogP contribution in [0.5, 0.6) is 5.75 Å². The van der Waals surface area contributed by atoms with Gasteiger partial charge >= 0.3 is 0 Å². The first-order valence-corrected chi connectivity index (χ1v) is 11.1. The number of β-amino-alcohol motifs (C(OH)–C–C–N with tert-alkyl or cyclic N) is 1. The third-order valence-electron chi connectivity index (χ3n) is 5.09. The highest BCUT2D eigenvalue weighted by Gasteiger charge is 2.18. The summed E-state index contributed by atoms with van der Waals surface area (Å²) in [7, 11) is 0. The molecule has 2 aromatic rings. The first kappa shape index (κ1) is 21.2. The predicted octanol–water partition coefficient (Wildman–Crippen LogP) is 1.85. The number of rotatable bonds is 11. The van der Waals surface area contributed by atoms with Crippen molar-refractivity contribution in [3.63, 3.8) is 0 Å². The van der Waals surface area contributed by atoms with Gasteiger partial charge in [-0.25, -0.2) is 4.98 Å². The third kappa shape index (κ3) is 7.14. The Morgan fingerprint density at radius 2 is 2.07 bits per heavy atom. The second-order valence-electron chi connectivity index (χ2n) is 7.25. The van der Waals surface area contributed by atoms with Crippen molar-refractivity contribution in [1.82, 2.24) is 20.1 Å². The van der Waals surface area contributed by atoms with Crippen LogP contribution in [0.25, 0.3) is 0 Å². The number of nitrogens with one attached hydrogen (secondary N) is 1. The van der Waals surface area contributed by atoms with Crippen LogP contribution in [-0.2, 0) is 13.0 Å². The highest BCUT2D eigenvalue weighted by atomic mass is 32.1. The summed E-state index contributed by atoms with van der Waals surface area (Å²) in [6.07, 6.45) is 0.478. The van der Waals surface area contributed by atoms with Crippen LogP contribution >= 0.6 is 11.3 Å². The van der Waals surface area contributed by atoms with Gasteiger partial charge in [0.1, 0.15) is 18.5 Å². The number of ether oxygens (including phenoxy) is 1. The van der Waals surface area contributed by atoms with E-state index in [-0.39, 0.29) is 0 Å². The molecule has 0 amide bonds. The molecule has 1 atom stereocenters. The lowest BCUT2D eigenvalue weighted by atomic mass is 10.2. The Balaban J connectivity index is 1.34. The van der Waals surface area contributed by atoms with Gasteiger partial charge in [-0.3, -0.25) is 4.90 Å². The molecular weight excluding hydrogens is 372 g/mol. The lowest BCUT2D eigenvalue weighted by Gasteiger charge is -2.34. The van der Waals surface area contributed by atoms with Crippen LogP contribution in [0.1, 0.15) is 18.2 Å². The molecule has 0 saturated carbocycles. The van der Waals surface area contributed by atoms with Crippen LogP contribution in [0.2, 0.25) is 0 Å². The molecule has 0 aliphatic carbocycles. The second kappa shape index (κ2) is 11.5. The number of piperazine rings is 1. The standard InChI is InChI=1S/C21H32N4O2S/c1-2-24-8-10-25(11-9-24)14-20(26)15-27-21-5-3-4-18(12-21)13-22-7-6-19-16-28-17-23-19/h3-5,12,16-17,20,22,26H,2,6-11,13-15H2,1H3. The average molecular weight is 405 g/mol. The minimum atomic E-state index is -0.465. The van der Waals surface area contributed by atoms with E-state index in [1.165, 1.54) is 5.56 Å². The van der Waals surface area contributed by atoms with Gasteiger partial charge in [0.2, 0.25) is 0 Å². The third-order valence-corrected chi connectivity index (χ3v) is 5.73. The molecule has 6 nitrogen and oxygen atoms in total. The van der Waals surface area contributed by atoms with Crippen molar-refractivity contribution in [2.75, 3.05) is 52.4 Å². The molecule has 1 aromatic carbocycles. The van der Waals surface area contributed by atoms with E-state index >= 15 is 0 Å². The molecular formula is C21H32N4O2S. The van der Waals surface area contributed by atoms with Crippen molar-refractivity contribution >= 4 is 11.3 Å². The quantitative estimate of drug-likeness (QED) is 0.558.